The lowest BCUT2D eigenvalue weighted by atomic mass is 9.99. The molecule has 1 aromatic heterocycles. The van der Waals surface area contributed by atoms with Gasteiger partial charge in [-0.25, -0.2) is 4.39 Å². The van der Waals surface area contributed by atoms with Crippen molar-refractivity contribution in [3.05, 3.63) is 35.6 Å². The van der Waals surface area contributed by atoms with Crippen molar-refractivity contribution >= 4 is 17.8 Å². The van der Waals surface area contributed by atoms with Gasteiger partial charge >= 0.3 is 0 Å². The molecular weight excluding hydrogens is 309 g/mol. The molecule has 0 amide bonds. The third kappa shape index (κ3) is 3.53. The largest absolute Gasteiger partial charge is 0.368 e. The van der Waals surface area contributed by atoms with Crippen molar-refractivity contribution < 1.29 is 4.39 Å². The number of nitrogen functional groups attached to an aromatic ring is 2. The van der Waals surface area contributed by atoms with E-state index < -0.39 is 0 Å². The van der Waals surface area contributed by atoms with Crippen molar-refractivity contribution in [3.63, 3.8) is 0 Å². The number of piperazine rings is 1. The first-order valence-corrected chi connectivity index (χ1v) is 8.07. The highest BCUT2D eigenvalue weighted by Gasteiger charge is 2.32. The molecule has 1 aromatic carbocycles. The molecule has 1 aliphatic rings. The van der Waals surface area contributed by atoms with Crippen LogP contribution in [0.5, 0.6) is 0 Å². The fraction of sp³-hybridized carbons (Fsp3) is 0.438. The van der Waals surface area contributed by atoms with E-state index in [1.807, 2.05) is 0 Å². The van der Waals surface area contributed by atoms with Crippen LogP contribution in [0.25, 0.3) is 0 Å². The van der Waals surface area contributed by atoms with Crippen LogP contribution in [0.1, 0.15) is 18.9 Å². The van der Waals surface area contributed by atoms with Crippen LogP contribution in [0.2, 0.25) is 0 Å². The minimum atomic E-state index is -0.234. The summed E-state index contributed by atoms with van der Waals surface area (Å²) < 4.78 is 13.1. The minimum Gasteiger partial charge on any atom is -0.368 e. The summed E-state index contributed by atoms with van der Waals surface area (Å²) in [5, 5.41) is 3.45. The van der Waals surface area contributed by atoms with Crippen LogP contribution < -0.4 is 21.7 Å². The molecule has 1 saturated heterocycles. The Morgan fingerprint density at radius 2 is 1.71 bits per heavy atom. The first kappa shape index (κ1) is 16.4. The number of hydrogen-bond donors (Lipinski definition) is 3. The Morgan fingerprint density at radius 1 is 1.08 bits per heavy atom. The maximum Gasteiger partial charge on any atom is 0.232 e. The van der Waals surface area contributed by atoms with Gasteiger partial charge in [0.25, 0.3) is 0 Å². The Morgan fingerprint density at radius 3 is 2.33 bits per heavy atom. The van der Waals surface area contributed by atoms with Gasteiger partial charge in [0.05, 0.1) is 0 Å². The van der Waals surface area contributed by atoms with Gasteiger partial charge in [-0.2, -0.15) is 15.0 Å². The van der Waals surface area contributed by atoms with Crippen molar-refractivity contribution in [1.82, 2.24) is 20.3 Å². The monoisotopic (exact) mass is 331 g/mol. The fourth-order valence-corrected chi connectivity index (χ4v) is 3.15. The topological polar surface area (TPSA) is 106 Å². The molecule has 3 rings (SSSR count). The van der Waals surface area contributed by atoms with Gasteiger partial charge in [0, 0.05) is 25.2 Å². The molecule has 0 bridgehead atoms. The fourth-order valence-electron chi connectivity index (χ4n) is 3.15. The van der Waals surface area contributed by atoms with E-state index in [0.29, 0.717) is 5.95 Å². The van der Waals surface area contributed by atoms with E-state index in [-0.39, 0.29) is 29.8 Å². The summed E-state index contributed by atoms with van der Waals surface area (Å²) in [5.41, 5.74) is 12.5. The highest BCUT2D eigenvalue weighted by atomic mass is 19.1. The molecule has 2 atom stereocenters. The Balaban J connectivity index is 1.91. The predicted molar refractivity (Wildman–Crippen MR) is 92.0 cm³/mol. The third-order valence-corrected chi connectivity index (χ3v) is 4.29. The van der Waals surface area contributed by atoms with Crippen LogP contribution in [0.4, 0.5) is 22.2 Å². The second-order valence-corrected chi connectivity index (χ2v) is 5.96. The Hall–Kier alpha value is -2.48. The Labute approximate surface area is 140 Å². The minimum absolute atomic E-state index is 0.117. The van der Waals surface area contributed by atoms with Gasteiger partial charge in [0.15, 0.2) is 0 Å². The highest BCUT2D eigenvalue weighted by Crippen LogP contribution is 2.23. The van der Waals surface area contributed by atoms with Crippen LogP contribution in [0.3, 0.4) is 0 Å². The normalized spacial score (nSPS) is 21.0. The molecular formula is C16H22FN7. The zero-order valence-electron chi connectivity index (χ0n) is 13.6. The number of aromatic nitrogens is 3. The van der Waals surface area contributed by atoms with E-state index >= 15 is 0 Å². The molecule has 5 N–H and O–H groups in total. The van der Waals surface area contributed by atoms with Crippen LogP contribution in [0, 0.1) is 5.82 Å². The molecule has 2 aromatic rings. The average molecular weight is 331 g/mol. The molecule has 24 heavy (non-hydrogen) atoms. The molecule has 0 aliphatic carbocycles. The van der Waals surface area contributed by atoms with Crippen molar-refractivity contribution in [2.75, 3.05) is 29.5 Å². The molecule has 1 aliphatic heterocycles. The second kappa shape index (κ2) is 6.96. The Kier molecular flexibility index (Phi) is 4.75. The van der Waals surface area contributed by atoms with Gasteiger partial charge in [-0.15, -0.1) is 0 Å². The van der Waals surface area contributed by atoms with E-state index in [0.717, 1.165) is 31.5 Å². The number of rotatable bonds is 4. The zero-order valence-corrected chi connectivity index (χ0v) is 13.6. The van der Waals surface area contributed by atoms with Crippen molar-refractivity contribution in [1.29, 1.82) is 0 Å². The summed E-state index contributed by atoms with van der Waals surface area (Å²) in [7, 11) is 0. The zero-order chi connectivity index (χ0) is 17.1. The number of nitrogens with one attached hydrogen (secondary N) is 1. The SMILES string of the molecule is CCC1CNCC(Cc2ccc(F)cc2)N1c1nc(N)nc(N)n1. The standard InChI is InChI=1S/C16H22FN7/c1-2-12-8-20-9-13(7-10-3-5-11(17)6-4-10)24(12)16-22-14(18)21-15(19)23-16/h3-6,12-13,20H,2,7-9H2,1H3,(H4,18,19,21,22,23). The highest BCUT2D eigenvalue weighted by molar-refractivity contribution is 5.43. The quantitative estimate of drug-likeness (QED) is 0.766. The van der Waals surface area contributed by atoms with E-state index in [9.17, 15) is 4.39 Å². The van der Waals surface area contributed by atoms with E-state index in [4.69, 9.17) is 11.5 Å². The lowest BCUT2D eigenvalue weighted by molar-refractivity contribution is 0.383. The number of anilines is 3. The molecule has 1 fully saturated rings. The molecule has 0 saturated carbocycles. The summed E-state index contributed by atoms with van der Waals surface area (Å²) in [4.78, 5) is 14.6. The first-order chi connectivity index (χ1) is 11.6. The number of halogens is 1. The first-order valence-electron chi connectivity index (χ1n) is 8.07. The average Bonchev–Trinajstić information content (AvgIpc) is 2.55. The smallest absolute Gasteiger partial charge is 0.232 e. The van der Waals surface area contributed by atoms with Gasteiger partial charge < -0.3 is 21.7 Å². The maximum atomic E-state index is 13.1. The summed E-state index contributed by atoms with van der Waals surface area (Å²) in [6.45, 7) is 3.73. The second-order valence-electron chi connectivity index (χ2n) is 5.96. The molecule has 2 unspecified atom stereocenters. The maximum absolute atomic E-state index is 13.1. The number of hydrogen-bond acceptors (Lipinski definition) is 7. The van der Waals surface area contributed by atoms with Gasteiger partial charge in [0.2, 0.25) is 17.8 Å². The molecule has 0 spiro atoms. The predicted octanol–water partition coefficient (Wildman–Crippen LogP) is 0.975. The molecule has 2 heterocycles. The number of benzene rings is 1. The van der Waals surface area contributed by atoms with Crippen LogP contribution in [-0.4, -0.2) is 40.1 Å². The van der Waals surface area contributed by atoms with Crippen LogP contribution in [-0.2, 0) is 6.42 Å². The van der Waals surface area contributed by atoms with Gasteiger partial charge in [-0.1, -0.05) is 19.1 Å². The molecule has 0 radical (unpaired) electrons. The lowest BCUT2D eigenvalue weighted by Crippen LogP contribution is -2.58. The van der Waals surface area contributed by atoms with Crippen LogP contribution in [0.15, 0.2) is 24.3 Å². The summed E-state index contributed by atoms with van der Waals surface area (Å²) in [6.07, 6.45) is 1.67. The lowest BCUT2D eigenvalue weighted by Gasteiger charge is -2.42. The van der Waals surface area contributed by atoms with E-state index in [1.54, 1.807) is 12.1 Å². The van der Waals surface area contributed by atoms with Gasteiger partial charge in [-0.05, 0) is 30.5 Å². The summed E-state index contributed by atoms with van der Waals surface area (Å²) in [6, 6.07) is 6.91. The van der Waals surface area contributed by atoms with E-state index in [2.05, 4.69) is 32.1 Å². The summed E-state index contributed by atoms with van der Waals surface area (Å²) in [5.74, 6) is 0.500. The van der Waals surface area contributed by atoms with Gasteiger partial charge in [0.1, 0.15) is 5.82 Å². The number of nitrogens with zero attached hydrogens (tertiary/aromatic N) is 4. The molecule has 128 valence electrons. The van der Waals surface area contributed by atoms with Crippen molar-refractivity contribution in [2.45, 2.75) is 31.8 Å². The third-order valence-electron chi connectivity index (χ3n) is 4.29. The Bertz CT molecular complexity index is 671. The molecule has 7 nitrogen and oxygen atoms in total. The van der Waals surface area contributed by atoms with E-state index in [1.165, 1.54) is 12.1 Å². The van der Waals surface area contributed by atoms with Gasteiger partial charge in [-0.3, -0.25) is 0 Å². The number of nitrogens with two attached hydrogens (primary N) is 2. The summed E-state index contributed by atoms with van der Waals surface area (Å²) >= 11 is 0. The molecule has 8 heteroatoms. The van der Waals surface area contributed by atoms with Crippen LogP contribution >= 0.6 is 0 Å². The van der Waals surface area contributed by atoms with Crippen molar-refractivity contribution in [2.24, 2.45) is 0 Å². The van der Waals surface area contributed by atoms with Crippen molar-refractivity contribution in [3.8, 4) is 0 Å².